The van der Waals surface area contributed by atoms with Crippen molar-refractivity contribution in [2.45, 2.75) is 13.3 Å². The summed E-state index contributed by atoms with van der Waals surface area (Å²) in [6.45, 7) is 1.70. The molecule has 0 amide bonds. The van der Waals surface area contributed by atoms with Crippen LogP contribution in [0.5, 0.6) is 5.75 Å². The number of rotatable bonds is 4. The van der Waals surface area contributed by atoms with Crippen LogP contribution >= 0.6 is 12.6 Å². The molecule has 0 bridgehead atoms. The highest BCUT2D eigenvalue weighted by atomic mass is 32.1. The number of hydrogen-bond acceptors (Lipinski definition) is 4. The van der Waals surface area contributed by atoms with E-state index in [0.717, 1.165) is 0 Å². The molecule has 1 rings (SSSR count). The molecule has 0 fully saturated rings. The normalized spacial score (nSPS) is 9.73. The SMILES string of the molecule is CCC(=O)Oc1ccccc1C(=O)CS. The molecule has 0 radical (unpaired) electrons. The molecule has 0 aliphatic rings. The van der Waals surface area contributed by atoms with Crippen LogP contribution in [0.2, 0.25) is 0 Å². The Morgan fingerprint density at radius 1 is 1.33 bits per heavy atom. The number of hydrogen-bond donors (Lipinski definition) is 1. The smallest absolute Gasteiger partial charge is 0.310 e. The first kappa shape index (κ1) is 11.8. The van der Waals surface area contributed by atoms with Gasteiger partial charge in [-0.1, -0.05) is 19.1 Å². The molecular weight excluding hydrogens is 212 g/mol. The molecule has 0 N–H and O–H groups in total. The van der Waals surface area contributed by atoms with Crippen molar-refractivity contribution < 1.29 is 14.3 Å². The summed E-state index contributed by atoms with van der Waals surface area (Å²) in [6.07, 6.45) is 0.281. The number of thiol groups is 1. The zero-order valence-corrected chi connectivity index (χ0v) is 9.29. The van der Waals surface area contributed by atoms with Crippen LogP contribution in [0.4, 0.5) is 0 Å². The molecule has 0 spiro atoms. The average Bonchev–Trinajstić information content (AvgIpc) is 2.28. The molecule has 0 aromatic heterocycles. The number of Topliss-reactive ketones (excluding diaryl/α,β-unsaturated/α-hetero) is 1. The lowest BCUT2D eigenvalue weighted by atomic mass is 10.1. The largest absolute Gasteiger partial charge is 0.426 e. The van der Waals surface area contributed by atoms with E-state index >= 15 is 0 Å². The van der Waals surface area contributed by atoms with Crippen LogP contribution in [0.3, 0.4) is 0 Å². The molecule has 0 heterocycles. The Morgan fingerprint density at radius 2 is 2.00 bits per heavy atom. The zero-order valence-electron chi connectivity index (χ0n) is 8.40. The molecule has 80 valence electrons. The highest BCUT2D eigenvalue weighted by Crippen LogP contribution is 2.19. The number of benzene rings is 1. The highest BCUT2D eigenvalue weighted by molar-refractivity contribution is 7.81. The van der Waals surface area contributed by atoms with Crippen molar-refractivity contribution in [2.75, 3.05) is 5.75 Å². The number of carbonyl (C=O) groups is 2. The number of carbonyl (C=O) groups excluding carboxylic acids is 2. The quantitative estimate of drug-likeness (QED) is 0.369. The minimum Gasteiger partial charge on any atom is -0.426 e. The van der Waals surface area contributed by atoms with Crippen LogP contribution < -0.4 is 4.74 Å². The first-order valence-electron chi connectivity index (χ1n) is 4.62. The van der Waals surface area contributed by atoms with E-state index in [1.807, 2.05) is 0 Å². The lowest BCUT2D eigenvalue weighted by Gasteiger charge is -2.07. The molecule has 4 heteroatoms. The lowest BCUT2D eigenvalue weighted by molar-refractivity contribution is -0.134. The Kier molecular flexibility index (Phi) is 4.37. The monoisotopic (exact) mass is 224 g/mol. The molecule has 0 atom stereocenters. The number of para-hydroxylation sites is 1. The van der Waals surface area contributed by atoms with E-state index in [0.29, 0.717) is 11.3 Å². The molecule has 0 saturated carbocycles. The van der Waals surface area contributed by atoms with Crippen molar-refractivity contribution in [1.29, 1.82) is 0 Å². The Labute approximate surface area is 93.8 Å². The molecule has 1 aromatic rings. The Hall–Kier alpha value is -1.29. The van der Waals surface area contributed by atoms with Gasteiger partial charge in [0.25, 0.3) is 0 Å². The second-order valence-electron chi connectivity index (χ2n) is 2.91. The van der Waals surface area contributed by atoms with Crippen molar-refractivity contribution in [1.82, 2.24) is 0 Å². The maximum Gasteiger partial charge on any atom is 0.310 e. The third kappa shape index (κ3) is 3.09. The van der Waals surface area contributed by atoms with E-state index in [-0.39, 0.29) is 23.9 Å². The average molecular weight is 224 g/mol. The topological polar surface area (TPSA) is 43.4 Å². The zero-order chi connectivity index (χ0) is 11.3. The van der Waals surface area contributed by atoms with E-state index in [1.54, 1.807) is 31.2 Å². The van der Waals surface area contributed by atoms with E-state index in [2.05, 4.69) is 12.6 Å². The van der Waals surface area contributed by atoms with Gasteiger partial charge in [-0.05, 0) is 12.1 Å². The standard InChI is InChI=1S/C11H12O3S/c1-2-11(13)14-10-6-4-3-5-8(10)9(12)7-15/h3-6,15H,2,7H2,1H3. The molecule has 1 aromatic carbocycles. The van der Waals surface area contributed by atoms with Crippen LogP contribution in [0.1, 0.15) is 23.7 Å². The summed E-state index contributed by atoms with van der Waals surface area (Å²) in [6, 6.07) is 6.66. The fraction of sp³-hybridized carbons (Fsp3) is 0.273. The molecule has 0 saturated heterocycles. The van der Waals surface area contributed by atoms with Crippen molar-refractivity contribution in [3.8, 4) is 5.75 Å². The minimum atomic E-state index is -0.352. The van der Waals surface area contributed by atoms with Crippen molar-refractivity contribution >= 4 is 24.4 Å². The van der Waals surface area contributed by atoms with E-state index in [9.17, 15) is 9.59 Å². The van der Waals surface area contributed by atoms with Gasteiger partial charge in [0, 0.05) is 6.42 Å². The third-order valence-electron chi connectivity index (χ3n) is 1.84. The van der Waals surface area contributed by atoms with Crippen molar-refractivity contribution in [3.63, 3.8) is 0 Å². The van der Waals surface area contributed by atoms with E-state index < -0.39 is 0 Å². The maximum atomic E-state index is 11.4. The predicted molar refractivity (Wildman–Crippen MR) is 60.6 cm³/mol. The van der Waals surface area contributed by atoms with Gasteiger partial charge >= 0.3 is 5.97 Å². The minimum absolute atomic E-state index is 0.0979. The Balaban J connectivity index is 2.96. The van der Waals surface area contributed by atoms with Gasteiger partial charge in [0.15, 0.2) is 5.78 Å². The van der Waals surface area contributed by atoms with Crippen LogP contribution in [0.15, 0.2) is 24.3 Å². The molecule has 3 nitrogen and oxygen atoms in total. The van der Waals surface area contributed by atoms with E-state index in [4.69, 9.17) is 4.74 Å². The summed E-state index contributed by atoms with van der Waals surface area (Å²) in [5.41, 5.74) is 0.398. The van der Waals surface area contributed by atoms with Gasteiger partial charge in [0.05, 0.1) is 11.3 Å². The second kappa shape index (κ2) is 5.56. The maximum absolute atomic E-state index is 11.4. The van der Waals surface area contributed by atoms with Crippen LogP contribution in [0, 0.1) is 0 Å². The van der Waals surface area contributed by atoms with Crippen molar-refractivity contribution in [3.05, 3.63) is 29.8 Å². The fourth-order valence-corrected chi connectivity index (χ4v) is 1.24. The van der Waals surface area contributed by atoms with Gasteiger partial charge in [-0.25, -0.2) is 0 Å². The van der Waals surface area contributed by atoms with Crippen molar-refractivity contribution in [2.24, 2.45) is 0 Å². The molecule has 0 aliphatic heterocycles. The van der Waals surface area contributed by atoms with Gasteiger partial charge in [-0.2, -0.15) is 12.6 Å². The summed E-state index contributed by atoms with van der Waals surface area (Å²) in [5, 5.41) is 0. The summed E-state index contributed by atoms with van der Waals surface area (Å²) < 4.78 is 5.02. The van der Waals surface area contributed by atoms with Crippen LogP contribution in [-0.2, 0) is 4.79 Å². The molecule has 0 aliphatic carbocycles. The first-order chi connectivity index (χ1) is 7.19. The number of ether oxygens (including phenoxy) is 1. The summed E-state index contributed by atoms with van der Waals surface area (Å²) >= 11 is 3.90. The van der Waals surface area contributed by atoms with Gasteiger partial charge in [0.2, 0.25) is 0 Å². The fourth-order valence-electron chi connectivity index (χ4n) is 1.07. The summed E-state index contributed by atoms with van der Waals surface area (Å²) in [7, 11) is 0. The number of ketones is 1. The molecule has 0 unspecified atom stereocenters. The van der Waals surface area contributed by atoms with Crippen LogP contribution in [-0.4, -0.2) is 17.5 Å². The van der Waals surface area contributed by atoms with Gasteiger partial charge < -0.3 is 4.74 Å². The van der Waals surface area contributed by atoms with Gasteiger partial charge in [-0.15, -0.1) is 0 Å². The highest BCUT2D eigenvalue weighted by Gasteiger charge is 2.12. The predicted octanol–water partition coefficient (Wildman–Crippen LogP) is 2.11. The van der Waals surface area contributed by atoms with E-state index in [1.165, 1.54) is 0 Å². The summed E-state index contributed by atoms with van der Waals surface area (Å²) in [5.74, 6) is -0.101. The molecular formula is C11H12O3S. The van der Waals surface area contributed by atoms with Gasteiger partial charge in [0.1, 0.15) is 5.75 Å². The second-order valence-corrected chi connectivity index (χ2v) is 3.22. The Bertz CT molecular complexity index is 374. The van der Waals surface area contributed by atoms with Crippen LogP contribution in [0.25, 0.3) is 0 Å². The summed E-state index contributed by atoms with van der Waals surface area (Å²) in [4.78, 5) is 22.5. The lowest BCUT2D eigenvalue weighted by Crippen LogP contribution is -2.10. The van der Waals surface area contributed by atoms with Gasteiger partial charge in [-0.3, -0.25) is 9.59 Å². The first-order valence-corrected chi connectivity index (χ1v) is 5.26. The Morgan fingerprint density at radius 3 is 2.60 bits per heavy atom. The third-order valence-corrected chi connectivity index (χ3v) is 2.13. The number of esters is 1. The molecule has 15 heavy (non-hydrogen) atoms.